The summed E-state index contributed by atoms with van der Waals surface area (Å²) >= 11 is 0. The van der Waals surface area contributed by atoms with Gasteiger partial charge >= 0.3 is 0 Å². The molecular formula is C25H26N2O2. The Labute approximate surface area is 171 Å². The van der Waals surface area contributed by atoms with Crippen molar-refractivity contribution in [2.75, 3.05) is 6.61 Å². The van der Waals surface area contributed by atoms with Crippen molar-refractivity contribution >= 4 is 11.0 Å². The van der Waals surface area contributed by atoms with Crippen LogP contribution in [0.5, 0.6) is 11.5 Å². The SMILES string of the molecule is CCc1ccc(OCc2nc3ccccc3n2CCOc2cccc(C)c2)cc1. The minimum atomic E-state index is 0.421. The number of hydrogen-bond donors (Lipinski definition) is 0. The van der Waals surface area contributed by atoms with Crippen LogP contribution in [-0.2, 0) is 19.6 Å². The highest BCUT2D eigenvalue weighted by molar-refractivity contribution is 5.75. The molecule has 0 bridgehead atoms. The number of aryl methyl sites for hydroxylation is 2. The monoisotopic (exact) mass is 386 g/mol. The third-order valence-corrected chi connectivity index (χ3v) is 5.01. The first-order chi connectivity index (χ1) is 14.2. The van der Waals surface area contributed by atoms with Gasteiger partial charge < -0.3 is 14.0 Å². The van der Waals surface area contributed by atoms with Gasteiger partial charge in [-0.3, -0.25) is 0 Å². The summed E-state index contributed by atoms with van der Waals surface area (Å²) in [5.74, 6) is 2.65. The van der Waals surface area contributed by atoms with Gasteiger partial charge in [0.05, 0.1) is 17.6 Å². The van der Waals surface area contributed by atoms with Gasteiger partial charge in [-0.1, -0.05) is 43.3 Å². The molecular weight excluding hydrogens is 360 g/mol. The number of nitrogens with zero attached hydrogens (tertiary/aromatic N) is 2. The molecule has 0 N–H and O–H groups in total. The topological polar surface area (TPSA) is 36.3 Å². The van der Waals surface area contributed by atoms with Crippen LogP contribution in [-0.4, -0.2) is 16.2 Å². The number of benzene rings is 3. The van der Waals surface area contributed by atoms with Crippen molar-refractivity contribution in [1.29, 1.82) is 0 Å². The van der Waals surface area contributed by atoms with E-state index in [1.807, 2.05) is 42.5 Å². The summed E-state index contributed by atoms with van der Waals surface area (Å²) in [4.78, 5) is 4.78. The van der Waals surface area contributed by atoms with E-state index in [4.69, 9.17) is 14.5 Å². The highest BCUT2D eigenvalue weighted by atomic mass is 16.5. The molecule has 0 unspecified atom stereocenters. The molecule has 0 aliphatic carbocycles. The number of rotatable bonds is 8. The minimum Gasteiger partial charge on any atom is -0.492 e. The van der Waals surface area contributed by atoms with Crippen LogP contribution < -0.4 is 9.47 Å². The van der Waals surface area contributed by atoms with Crippen molar-refractivity contribution in [3.8, 4) is 11.5 Å². The first-order valence-corrected chi connectivity index (χ1v) is 10.1. The summed E-state index contributed by atoms with van der Waals surface area (Å²) in [6.45, 7) is 5.92. The van der Waals surface area contributed by atoms with Crippen LogP contribution in [0, 0.1) is 6.92 Å². The molecule has 0 fully saturated rings. The Morgan fingerprint density at radius 2 is 1.69 bits per heavy atom. The van der Waals surface area contributed by atoms with Crippen LogP contribution in [0.1, 0.15) is 23.9 Å². The molecule has 0 aliphatic rings. The van der Waals surface area contributed by atoms with Crippen LogP contribution in [0.25, 0.3) is 11.0 Å². The zero-order chi connectivity index (χ0) is 20.1. The third kappa shape index (κ3) is 4.60. The molecule has 0 saturated heterocycles. The number of aromatic nitrogens is 2. The van der Waals surface area contributed by atoms with Crippen LogP contribution >= 0.6 is 0 Å². The normalized spacial score (nSPS) is 11.0. The largest absolute Gasteiger partial charge is 0.492 e. The molecule has 1 aromatic heterocycles. The second kappa shape index (κ2) is 8.82. The summed E-state index contributed by atoms with van der Waals surface area (Å²) in [6.07, 6.45) is 1.02. The highest BCUT2D eigenvalue weighted by Gasteiger charge is 2.11. The molecule has 0 spiro atoms. The molecule has 4 heteroatoms. The highest BCUT2D eigenvalue weighted by Crippen LogP contribution is 2.20. The Bertz CT molecular complexity index is 1080. The Hall–Kier alpha value is -3.27. The molecule has 0 atom stereocenters. The summed E-state index contributed by atoms with van der Waals surface area (Å²) in [7, 11) is 0. The maximum atomic E-state index is 6.02. The lowest BCUT2D eigenvalue weighted by atomic mass is 10.2. The van der Waals surface area contributed by atoms with Gasteiger partial charge in [-0.2, -0.15) is 0 Å². The smallest absolute Gasteiger partial charge is 0.148 e. The number of ether oxygens (including phenoxy) is 2. The Balaban J connectivity index is 1.49. The van der Waals surface area contributed by atoms with E-state index in [1.54, 1.807) is 0 Å². The molecule has 0 amide bonds. The lowest BCUT2D eigenvalue weighted by Gasteiger charge is -2.12. The Kier molecular flexibility index (Phi) is 5.80. The van der Waals surface area contributed by atoms with E-state index in [1.165, 1.54) is 11.1 Å². The molecule has 4 aromatic rings. The fraction of sp³-hybridized carbons (Fsp3) is 0.240. The maximum absolute atomic E-state index is 6.02. The van der Waals surface area contributed by atoms with E-state index in [2.05, 4.69) is 48.7 Å². The van der Waals surface area contributed by atoms with Crippen molar-refractivity contribution in [3.05, 3.63) is 89.7 Å². The van der Waals surface area contributed by atoms with E-state index < -0.39 is 0 Å². The summed E-state index contributed by atoms with van der Waals surface area (Å²) in [5.41, 5.74) is 4.57. The first-order valence-electron chi connectivity index (χ1n) is 10.1. The Morgan fingerprint density at radius 1 is 0.862 bits per heavy atom. The number of fused-ring (bicyclic) bond motifs is 1. The molecule has 1 heterocycles. The molecule has 0 aliphatic heterocycles. The lowest BCUT2D eigenvalue weighted by Crippen LogP contribution is -2.13. The maximum Gasteiger partial charge on any atom is 0.148 e. The van der Waals surface area contributed by atoms with Crippen LogP contribution in [0.3, 0.4) is 0 Å². The van der Waals surface area contributed by atoms with Gasteiger partial charge in [0.25, 0.3) is 0 Å². The molecule has 29 heavy (non-hydrogen) atoms. The second-order valence-corrected chi connectivity index (χ2v) is 7.12. The minimum absolute atomic E-state index is 0.421. The van der Waals surface area contributed by atoms with Gasteiger partial charge in [0.15, 0.2) is 0 Å². The molecule has 0 saturated carbocycles. The fourth-order valence-corrected chi connectivity index (χ4v) is 3.41. The van der Waals surface area contributed by atoms with Gasteiger partial charge in [-0.15, -0.1) is 0 Å². The van der Waals surface area contributed by atoms with Gasteiger partial charge in [-0.25, -0.2) is 4.98 Å². The van der Waals surface area contributed by atoms with E-state index in [0.717, 1.165) is 34.8 Å². The second-order valence-electron chi connectivity index (χ2n) is 7.12. The quantitative estimate of drug-likeness (QED) is 0.397. The van der Waals surface area contributed by atoms with Crippen LogP contribution in [0.15, 0.2) is 72.8 Å². The van der Waals surface area contributed by atoms with Gasteiger partial charge in [0.2, 0.25) is 0 Å². The van der Waals surface area contributed by atoms with E-state index in [0.29, 0.717) is 19.8 Å². The fourth-order valence-electron chi connectivity index (χ4n) is 3.41. The Morgan fingerprint density at radius 3 is 2.48 bits per heavy atom. The summed E-state index contributed by atoms with van der Waals surface area (Å²) < 4.78 is 14.2. The third-order valence-electron chi connectivity index (χ3n) is 5.01. The first kappa shape index (κ1) is 19.1. The zero-order valence-electron chi connectivity index (χ0n) is 17.0. The summed E-state index contributed by atoms with van der Waals surface area (Å²) in [5, 5.41) is 0. The van der Waals surface area contributed by atoms with Crippen molar-refractivity contribution in [2.24, 2.45) is 0 Å². The number of para-hydroxylation sites is 2. The van der Waals surface area contributed by atoms with Gasteiger partial charge in [0, 0.05) is 0 Å². The zero-order valence-corrected chi connectivity index (χ0v) is 17.0. The number of hydrogen-bond acceptors (Lipinski definition) is 3. The molecule has 4 rings (SSSR count). The van der Waals surface area contributed by atoms with Gasteiger partial charge in [-0.05, 0) is 60.9 Å². The van der Waals surface area contributed by atoms with Crippen LogP contribution in [0.2, 0.25) is 0 Å². The van der Waals surface area contributed by atoms with Crippen molar-refractivity contribution in [1.82, 2.24) is 9.55 Å². The van der Waals surface area contributed by atoms with Crippen LogP contribution in [0.4, 0.5) is 0 Å². The predicted octanol–water partition coefficient (Wildman–Crippen LogP) is 5.57. The van der Waals surface area contributed by atoms with Crippen molar-refractivity contribution in [3.63, 3.8) is 0 Å². The van der Waals surface area contributed by atoms with Crippen molar-refractivity contribution < 1.29 is 9.47 Å². The molecule has 0 radical (unpaired) electrons. The average Bonchev–Trinajstić information content (AvgIpc) is 3.10. The predicted molar refractivity (Wildman–Crippen MR) is 117 cm³/mol. The van der Waals surface area contributed by atoms with Gasteiger partial charge in [0.1, 0.15) is 30.5 Å². The molecule has 3 aromatic carbocycles. The average molecular weight is 386 g/mol. The standard InChI is InChI=1S/C25H26N2O2/c1-3-20-11-13-21(14-12-20)29-18-25-26-23-9-4-5-10-24(23)27(25)15-16-28-22-8-6-7-19(2)17-22/h4-14,17H,3,15-16,18H2,1-2H3. The lowest BCUT2D eigenvalue weighted by molar-refractivity contribution is 0.272. The van der Waals surface area contributed by atoms with Crippen molar-refractivity contribution in [2.45, 2.75) is 33.4 Å². The molecule has 148 valence electrons. The summed E-state index contributed by atoms with van der Waals surface area (Å²) in [6, 6.07) is 24.5. The van der Waals surface area contributed by atoms with E-state index in [9.17, 15) is 0 Å². The van der Waals surface area contributed by atoms with E-state index >= 15 is 0 Å². The van der Waals surface area contributed by atoms with E-state index in [-0.39, 0.29) is 0 Å². The number of imidazole rings is 1. The molecule has 4 nitrogen and oxygen atoms in total.